The zero-order valence-corrected chi connectivity index (χ0v) is 15.1. The van der Waals surface area contributed by atoms with Crippen LogP contribution < -0.4 is 10.2 Å². The highest BCUT2D eigenvalue weighted by Gasteiger charge is 2.22. The molecule has 1 aliphatic heterocycles. The van der Waals surface area contributed by atoms with E-state index in [0.717, 1.165) is 37.1 Å². The molecule has 0 radical (unpaired) electrons. The number of hydrogen-bond donors (Lipinski definition) is 1. The van der Waals surface area contributed by atoms with Crippen molar-refractivity contribution >= 4 is 23.4 Å². The summed E-state index contributed by atoms with van der Waals surface area (Å²) >= 11 is 0. The monoisotopic (exact) mass is 353 g/mol. The van der Waals surface area contributed by atoms with Gasteiger partial charge in [0.05, 0.1) is 0 Å². The van der Waals surface area contributed by atoms with Crippen molar-refractivity contribution in [3.05, 3.63) is 53.2 Å². The molecule has 1 N–H and O–H groups in total. The smallest absolute Gasteiger partial charge is 0.342 e. The lowest BCUT2D eigenvalue weighted by Gasteiger charge is -2.18. The Labute approximate surface area is 153 Å². The second-order valence-electron chi connectivity index (χ2n) is 6.49. The Kier molecular flexibility index (Phi) is 5.51. The van der Waals surface area contributed by atoms with E-state index in [4.69, 9.17) is 4.74 Å². The van der Waals surface area contributed by atoms with E-state index in [1.807, 2.05) is 32.0 Å². The van der Waals surface area contributed by atoms with E-state index in [-0.39, 0.29) is 12.5 Å². The first kappa shape index (κ1) is 17.9. The van der Waals surface area contributed by atoms with E-state index in [1.165, 1.54) is 0 Å². The van der Waals surface area contributed by atoms with Gasteiger partial charge in [0, 0.05) is 25.0 Å². The van der Waals surface area contributed by atoms with Crippen molar-refractivity contribution in [2.75, 3.05) is 29.9 Å². The SMILES string of the molecule is Cc1ccc(NC(=O)COC(=O)c2cccnc2N2CCCC2)cc1C. The van der Waals surface area contributed by atoms with Crippen molar-refractivity contribution in [1.29, 1.82) is 0 Å². The van der Waals surface area contributed by atoms with Gasteiger partial charge in [0.1, 0.15) is 11.4 Å². The molecule has 1 fully saturated rings. The molecule has 26 heavy (non-hydrogen) atoms. The topological polar surface area (TPSA) is 71.5 Å². The highest BCUT2D eigenvalue weighted by Crippen LogP contribution is 2.22. The van der Waals surface area contributed by atoms with Crippen LogP contribution in [0.5, 0.6) is 0 Å². The number of nitrogens with one attached hydrogen (secondary N) is 1. The summed E-state index contributed by atoms with van der Waals surface area (Å²) in [6.45, 7) is 5.41. The number of amides is 1. The zero-order chi connectivity index (χ0) is 18.5. The number of aromatic nitrogens is 1. The quantitative estimate of drug-likeness (QED) is 0.837. The number of ether oxygens (including phenoxy) is 1. The molecule has 1 aromatic heterocycles. The van der Waals surface area contributed by atoms with Crippen LogP contribution in [-0.4, -0.2) is 36.6 Å². The molecule has 1 aromatic carbocycles. The third kappa shape index (κ3) is 4.20. The Bertz CT molecular complexity index is 814. The zero-order valence-electron chi connectivity index (χ0n) is 15.1. The molecule has 0 aliphatic carbocycles. The first-order valence-electron chi connectivity index (χ1n) is 8.79. The number of pyridine rings is 1. The highest BCUT2D eigenvalue weighted by molar-refractivity contribution is 5.98. The van der Waals surface area contributed by atoms with Crippen LogP contribution in [0, 0.1) is 13.8 Å². The molecule has 6 nitrogen and oxygen atoms in total. The molecular formula is C20H23N3O3. The van der Waals surface area contributed by atoms with E-state index in [1.54, 1.807) is 18.3 Å². The van der Waals surface area contributed by atoms with Crippen molar-refractivity contribution < 1.29 is 14.3 Å². The summed E-state index contributed by atoms with van der Waals surface area (Å²) in [6, 6.07) is 9.04. The summed E-state index contributed by atoms with van der Waals surface area (Å²) in [5.74, 6) is -0.270. The number of carbonyl (C=O) groups is 2. The van der Waals surface area contributed by atoms with Crippen molar-refractivity contribution in [1.82, 2.24) is 4.98 Å². The van der Waals surface area contributed by atoms with Gasteiger partial charge >= 0.3 is 5.97 Å². The average Bonchev–Trinajstić information content (AvgIpc) is 3.17. The van der Waals surface area contributed by atoms with E-state index < -0.39 is 5.97 Å². The van der Waals surface area contributed by atoms with E-state index in [2.05, 4.69) is 15.2 Å². The fourth-order valence-corrected chi connectivity index (χ4v) is 2.96. The van der Waals surface area contributed by atoms with E-state index >= 15 is 0 Å². The number of rotatable bonds is 5. The molecule has 6 heteroatoms. The van der Waals surface area contributed by atoms with Crippen molar-refractivity contribution in [2.24, 2.45) is 0 Å². The largest absolute Gasteiger partial charge is 0.452 e. The standard InChI is InChI=1S/C20H23N3O3/c1-14-7-8-16(12-15(14)2)22-18(24)13-26-20(25)17-6-5-9-21-19(17)23-10-3-4-11-23/h5-9,12H,3-4,10-11,13H2,1-2H3,(H,22,24). The van der Waals surface area contributed by atoms with Gasteiger partial charge in [0.2, 0.25) is 0 Å². The summed E-state index contributed by atoms with van der Waals surface area (Å²) in [4.78, 5) is 30.9. The van der Waals surface area contributed by atoms with Crippen LogP contribution in [0.25, 0.3) is 0 Å². The molecule has 0 bridgehead atoms. The second kappa shape index (κ2) is 7.99. The van der Waals surface area contributed by atoms with Gasteiger partial charge in [0.15, 0.2) is 6.61 Å². The van der Waals surface area contributed by atoms with Gasteiger partial charge in [-0.3, -0.25) is 4.79 Å². The number of esters is 1. The van der Waals surface area contributed by atoms with Gasteiger partial charge in [-0.05, 0) is 62.1 Å². The summed E-state index contributed by atoms with van der Waals surface area (Å²) < 4.78 is 5.20. The number of anilines is 2. The van der Waals surface area contributed by atoms with Gasteiger partial charge in [-0.25, -0.2) is 9.78 Å². The maximum absolute atomic E-state index is 12.4. The molecular weight excluding hydrogens is 330 g/mol. The predicted octanol–water partition coefficient (Wildman–Crippen LogP) is 3.09. The van der Waals surface area contributed by atoms with Crippen LogP contribution in [0.15, 0.2) is 36.5 Å². The highest BCUT2D eigenvalue weighted by atomic mass is 16.5. The lowest BCUT2D eigenvalue weighted by atomic mass is 10.1. The molecule has 0 saturated carbocycles. The van der Waals surface area contributed by atoms with Crippen LogP contribution in [0.2, 0.25) is 0 Å². The van der Waals surface area contributed by atoms with Crippen LogP contribution >= 0.6 is 0 Å². The molecule has 1 amide bonds. The van der Waals surface area contributed by atoms with Gasteiger partial charge in [-0.15, -0.1) is 0 Å². The van der Waals surface area contributed by atoms with Crippen molar-refractivity contribution in [3.63, 3.8) is 0 Å². The first-order chi connectivity index (χ1) is 12.5. The Morgan fingerprint density at radius 2 is 1.92 bits per heavy atom. The lowest BCUT2D eigenvalue weighted by Crippen LogP contribution is -2.25. The van der Waals surface area contributed by atoms with Gasteiger partial charge in [-0.2, -0.15) is 0 Å². The van der Waals surface area contributed by atoms with Crippen LogP contribution in [0.1, 0.15) is 34.3 Å². The number of benzene rings is 1. The normalized spacial score (nSPS) is 13.5. The maximum atomic E-state index is 12.4. The fraction of sp³-hybridized carbons (Fsp3) is 0.350. The van der Waals surface area contributed by atoms with E-state index in [9.17, 15) is 9.59 Å². The Balaban J connectivity index is 1.60. The summed E-state index contributed by atoms with van der Waals surface area (Å²) in [7, 11) is 0. The fourth-order valence-electron chi connectivity index (χ4n) is 2.96. The molecule has 0 atom stereocenters. The third-order valence-corrected chi connectivity index (χ3v) is 4.54. The van der Waals surface area contributed by atoms with Crippen molar-refractivity contribution in [2.45, 2.75) is 26.7 Å². The molecule has 0 spiro atoms. The Morgan fingerprint density at radius 1 is 1.15 bits per heavy atom. The van der Waals surface area contributed by atoms with Gasteiger partial charge in [-0.1, -0.05) is 6.07 Å². The first-order valence-corrected chi connectivity index (χ1v) is 8.79. The maximum Gasteiger partial charge on any atom is 0.342 e. The minimum Gasteiger partial charge on any atom is -0.452 e. The predicted molar refractivity (Wildman–Crippen MR) is 101 cm³/mol. The van der Waals surface area contributed by atoms with Gasteiger partial charge in [0.25, 0.3) is 5.91 Å². The molecule has 0 unspecified atom stereocenters. The molecule has 1 saturated heterocycles. The number of hydrogen-bond acceptors (Lipinski definition) is 5. The molecule has 136 valence electrons. The summed E-state index contributed by atoms with van der Waals surface area (Å²) in [5.41, 5.74) is 3.33. The molecule has 2 heterocycles. The number of nitrogens with zero attached hydrogens (tertiary/aromatic N) is 2. The Morgan fingerprint density at radius 3 is 2.65 bits per heavy atom. The summed E-state index contributed by atoms with van der Waals surface area (Å²) in [6.07, 6.45) is 3.84. The lowest BCUT2D eigenvalue weighted by molar-refractivity contribution is -0.119. The number of aryl methyl sites for hydroxylation is 2. The summed E-state index contributed by atoms with van der Waals surface area (Å²) in [5, 5.41) is 2.74. The van der Waals surface area contributed by atoms with Crippen LogP contribution in [0.4, 0.5) is 11.5 Å². The molecule has 1 aliphatic rings. The van der Waals surface area contributed by atoms with Crippen LogP contribution in [0.3, 0.4) is 0 Å². The molecule has 2 aromatic rings. The number of carbonyl (C=O) groups excluding carboxylic acids is 2. The molecule has 3 rings (SSSR count). The third-order valence-electron chi connectivity index (χ3n) is 4.54. The van der Waals surface area contributed by atoms with Gasteiger partial charge < -0.3 is 15.0 Å². The minimum absolute atomic E-state index is 0.333. The van der Waals surface area contributed by atoms with Crippen LogP contribution in [-0.2, 0) is 9.53 Å². The van der Waals surface area contributed by atoms with Crippen molar-refractivity contribution in [3.8, 4) is 0 Å². The van der Waals surface area contributed by atoms with E-state index in [0.29, 0.717) is 17.1 Å². The Hall–Kier alpha value is -2.89. The average molecular weight is 353 g/mol. The minimum atomic E-state index is -0.532. The second-order valence-corrected chi connectivity index (χ2v) is 6.49.